The lowest BCUT2D eigenvalue weighted by Gasteiger charge is -2.18. The van der Waals surface area contributed by atoms with Gasteiger partial charge in [0.1, 0.15) is 11.5 Å². The molecule has 0 amide bonds. The largest absolute Gasteiger partial charge is 0.309 e. The van der Waals surface area contributed by atoms with Gasteiger partial charge in [-0.1, -0.05) is 19.9 Å². The molecule has 82 valence electrons. The summed E-state index contributed by atoms with van der Waals surface area (Å²) in [5.41, 5.74) is 2.27. The van der Waals surface area contributed by atoms with Gasteiger partial charge in [-0.2, -0.15) is 0 Å². The van der Waals surface area contributed by atoms with E-state index in [4.69, 9.17) is 0 Å². The van der Waals surface area contributed by atoms with Gasteiger partial charge >= 0.3 is 0 Å². The Kier molecular flexibility index (Phi) is 2.02. The maximum atomic E-state index is 4.41. The van der Waals surface area contributed by atoms with E-state index < -0.39 is 0 Å². The zero-order chi connectivity index (χ0) is 11.1. The van der Waals surface area contributed by atoms with Crippen LogP contribution in [0.15, 0.2) is 18.3 Å². The van der Waals surface area contributed by atoms with E-state index in [9.17, 15) is 0 Å². The van der Waals surface area contributed by atoms with Gasteiger partial charge < -0.3 is 4.57 Å². The molecule has 0 atom stereocenters. The van der Waals surface area contributed by atoms with Gasteiger partial charge in [0.05, 0.1) is 0 Å². The molecule has 4 heteroatoms. The molecule has 0 bridgehead atoms. The molecular weight excluding hydrogens is 200 g/mol. The van der Waals surface area contributed by atoms with Crippen molar-refractivity contribution in [2.24, 2.45) is 0 Å². The summed E-state index contributed by atoms with van der Waals surface area (Å²) in [6.07, 6.45) is 2.84. The first-order valence-electron chi connectivity index (χ1n) is 5.64. The molecule has 4 nitrogen and oxygen atoms in total. The predicted molar refractivity (Wildman–Crippen MR) is 61.0 cm³/mol. The molecule has 0 fully saturated rings. The second kappa shape index (κ2) is 3.40. The Morgan fingerprint density at radius 2 is 2.19 bits per heavy atom. The summed E-state index contributed by atoms with van der Waals surface area (Å²) in [4.78, 5) is 4.41. The molecule has 1 aliphatic heterocycles. The number of fused-ring (bicyclic) bond motifs is 3. The summed E-state index contributed by atoms with van der Waals surface area (Å²) < 4.78 is 2.19. The maximum Gasteiger partial charge on any atom is 0.182 e. The molecule has 0 aliphatic carbocycles. The van der Waals surface area contributed by atoms with Gasteiger partial charge in [0, 0.05) is 18.7 Å². The van der Waals surface area contributed by atoms with E-state index in [1.807, 2.05) is 12.3 Å². The smallest absolute Gasteiger partial charge is 0.182 e. The molecule has 16 heavy (non-hydrogen) atoms. The predicted octanol–water partition coefficient (Wildman–Crippen LogP) is 2.02. The van der Waals surface area contributed by atoms with Crippen molar-refractivity contribution in [1.29, 1.82) is 0 Å². The highest BCUT2D eigenvalue weighted by Crippen LogP contribution is 2.28. The highest BCUT2D eigenvalue weighted by Gasteiger charge is 2.22. The van der Waals surface area contributed by atoms with Crippen LogP contribution in [-0.2, 0) is 13.0 Å². The first-order chi connectivity index (χ1) is 7.77. The van der Waals surface area contributed by atoms with Crippen molar-refractivity contribution in [2.45, 2.75) is 32.7 Å². The van der Waals surface area contributed by atoms with Crippen LogP contribution in [0.1, 0.15) is 31.2 Å². The van der Waals surface area contributed by atoms with Crippen LogP contribution in [0.2, 0.25) is 0 Å². The molecule has 0 unspecified atom stereocenters. The van der Waals surface area contributed by atoms with Crippen LogP contribution in [-0.4, -0.2) is 19.7 Å². The average Bonchev–Trinajstić information content (AvgIpc) is 2.73. The van der Waals surface area contributed by atoms with E-state index in [0.29, 0.717) is 5.92 Å². The van der Waals surface area contributed by atoms with Crippen molar-refractivity contribution in [1.82, 2.24) is 19.7 Å². The Morgan fingerprint density at radius 3 is 3.00 bits per heavy atom. The topological polar surface area (TPSA) is 43.6 Å². The van der Waals surface area contributed by atoms with Crippen molar-refractivity contribution < 1.29 is 0 Å². The fourth-order valence-electron chi connectivity index (χ4n) is 2.21. The van der Waals surface area contributed by atoms with Gasteiger partial charge in [0.15, 0.2) is 5.82 Å². The molecule has 2 aromatic rings. The monoisotopic (exact) mass is 214 g/mol. The van der Waals surface area contributed by atoms with E-state index in [0.717, 1.165) is 30.3 Å². The molecule has 3 heterocycles. The standard InChI is InChI=1S/C12H14N4/c1-8(2)11-14-15-12-10-9(4-3-6-13-10)5-7-16(11)12/h3-4,6,8H,5,7H2,1-2H3. The summed E-state index contributed by atoms with van der Waals surface area (Å²) in [6.45, 7) is 5.25. The number of aromatic nitrogens is 4. The average molecular weight is 214 g/mol. The Hall–Kier alpha value is -1.71. The third-order valence-corrected chi connectivity index (χ3v) is 3.00. The van der Waals surface area contributed by atoms with Crippen LogP contribution < -0.4 is 0 Å². The van der Waals surface area contributed by atoms with Crippen molar-refractivity contribution >= 4 is 0 Å². The molecule has 2 aromatic heterocycles. The lowest BCUT2D eigenvalue weighted by Crippen LogP contribution is -2.15. The van der Waals surface area contributed by atoms with E-state index in [2.05, 4.69) is 39.7 Å². The fourth-order valence-corrected chi connectivity index (χ4v) is 2.21. The normalized spacial score (nSPS) is 13.7. The number of pyridine rings is 1. The van der Waals surface area contributed by atoms with Gasteiger partial charge in [0.2, 0.25) is 0 Å². The molecule has 0 spiro atoms. The highest BCUT2D eigenvalue weighted by atomic mass is 15.3. The minimum absolute atomic E-state index is 0.409. The Labute approximate surface area is 94.4 Å². The number of rotatable bonds is 1. The van der Waals surface area contributed by atoms with Crippen LogP contribution in [0.25, 0.3) is 11.5 Å². The third-order valence-electron chi connectivity index (χ3n) is 3.00. The van der Waals surface area contributed by atoms with Crippen molar-refractivity contribution in [2.75, 3.05) is 0 Å². The number of hydrogen-bond donors (Lipinski definition) is 0. The Balaban J connectivity index is 2.19. The van der Waals surface area contributed by atoms with Gasteiger partial charge in [0.25, 0.3) is 0 Å². The zero-order valence-electron chi connectivity index (χ0n) is 9.51. The SMILES string of the molecule is CC(C)c1nnc2n1CCc1cccnc1-2. The maximum absolute atomic E-state index is 4.41. The lowest BCUT2D eigenvalue weighted by atomic mass is 10.1. The van der Waals surface area contributed by atoms with Gasteiger partial charge in [-0.05, 0) is 18.1 Å². The second-order valence-electron chi connectivity index (χ2n) is 4.45. The van der Waals surface area contributed by atoms with Crippen LogP contribution in [0.4, 0.5) is 0 Å². The summed E-state index contributed by atoms with van der Waals surface area (Å²) in [6, 6.07) is 4.10. The molecule has 0 radical (unpaired) electrons. The zero-order valence-corrected chi connectivity index (χ0v) is 9.51. The minimum atomic E-state index is 0.409. The molecule has 0 N–H and O–H groups in total. The summed E-state index contributed by atoms with van der Waals surface area (Å²) >= 11 is 0. The minimum Gasteiger partial charge on any atom is -0.309 e. The molecule has 3 rings (SSSR count). The number of aryl methyl sites for hydroxylation is 1. The Morgan fingerprint density at radius 1 is 1.31 bits per heavy atom. The first-order valence-corrected chi connectivity index (χ1v) is 5.64. The van der Waals surface area contributed by atoms with Gasteiger partial charge in [-0.15, -0.1) is 10.2 Å². The lowest BCUT2D eigenvalue weighted by molar-refractivity contribution is 0.611. The molecular formula is C12H14N4. The molecule has 0 saturated heterocycles. The fraction of sp³-hybridized carbons (Fsp3) is 0.417. The van der Waals surface area contributed by atoms with Crippen LogP contribution in [0.3, 0.4) is 0 Å². The van der Waals surface area contributed by atoms with Gasteiger partial charge in [-0.25, -0.2) is 0 Å². The van der Waals surface area contributed by atoms with Crippen LogP contribution in [0.5, 0.6) is 0 Å². The second-order valence-corrected chi connectivity index (χ2v) is 4.45. The van der Waals surface area contributed by atoms with Crippen molar-refractivity contribution in [3.05, 3.63) is 29.7 Å². The van der Waals surface area contributed by atoms with E-state index in [1.54, 1.807) is 0 Å². The van der Waals surface area contributed by atoms with E-state index in [1.165, 1.54) is 5.56 Å². The van der Waals surface area contributed by atoms with Crippen molar-refractivity contribution in [3.63, 3.8) is 0 Å². The Bertz CT molecular complexity index is 528. The summed E-state index contributed by atoms with van der Waals surface area (Å²) in [7, 11) is 0. The number of nitrogens with zero attached hydrogens (tertiary/aromatic N) is 4. The molecule has 0 saturated carbocycles. The van der Waals surface area contributed by atoms with Crippen molar-refractivity contribution in [3.8, 4) is 11.5 Å². The highest BCUT2D eigenvalue weighted by molar-refractivity contribution is 5.56. The molecule has 1 aliphatic rings. The molecule has 0 aromatic carbocycles. The van der Waals surface area contributed by atoms with E-state index in [-0.39, 0.29) is 0 Å². The summed E-state index contributed by atoms with van der Waals surface area (Å²) in [5.74, 6) is 2.39. The van der Waals surface area contributed by atoms with Gasteiger partial charge in [-0.3, -0.25) is 4.98 Å². The van der Waals surface area contributed by atoms with Crippen LogP contribution >= 0.6 is 0 Å². The van der Waals surface area contributed by atoms with Crippen LogP contribution in [0, 0.1) is 0 Å². The quantitative estimate of drug-likeness (QED) is 0.729. The van der Waals surface area contributed by atoms with E-state index >= 15 is 0 Å². The first kappa shape index (κ1) is 9.51. The summed E-state index contributed by atoms with van der Waals surface area (Å²) in [5, 5.41) is 8.54. The number of hydrogen-bond acceptors (Lipinski definition) is 3. The third kappa shape index (κ3) is 1.26.